The summed E-state index contributed by atoms with van der Waals surface area (Å²) in [6.07, 6.45) is 5.23. The number of nitrogens with zero attached hydrogens (tertiary/aromatic N) is 6. The number of rotatable bonds is 7. The van der Waals surface area contributed by atoms with Gasteiger partial charge in [0.25, 0.3) is 5.91 Å². The molecule has 2 saturated heterocycles. The van der Waals surface area contributed by atoms with Crippen molar-refractivity contribution >= 4 is 29.4 Å². The number of aryl methyl sites for hydroxylation is 1. The topological polar surface area (TPSA) is 122 Å². The van der Waals surface area contributed by atoms with Gasteiger partial charge >= 0.3 is 6.09 Å². The Hall–Kier alpha value is -4.45. The first-order valence-electron chi connectivity index (χ1n) is 15.0. The number of benzene rings is 2. The molecular formula is C33H37ClN8O3. The standard InChI is InChI=1S/C33H37ClN8O3/c1-39-9-11-41(12-10-39)19-22-3-5-23(6-4-22)24-13-27(34)16-29(14-24)45-33(44)42-8-7-28(21-42)38-32(43)30-15-25(17-36-31(30)35)26-18-37-40(2)20-26/h3-6,13-18,20,28H,7-12,19,21H2,1-2H3,(H2,35,36)(H,38,43)/t28-/m1/s1. The minimum Gasteiger partial charge on any atom is -0.410 e. The van der Waals surface area contributed by atoms with Gasteiger partial charge in [-0.2, -0.15) is 5.10 Å². The Morgan fingerprint density at radius 3 is 2.47 bits per heavy atom. The average Bonchev–Trinajstić information content (AvgIpc) is 3.68. The van der Waals surface area contributed by atoms with E-state index in [9.17, 15) is 9.59 Å². The van der Waals surface area contributed by atoms with Crippen molar-refractivity contribution in [3.8, 4) is 28.0 Å². The second-order valence-corrected chi connectivity index (χ2v) is 12.2. The highest BCUT2D eigenvalue weighted by atomic mass is 35.5. The Balaban J connectivity index is 1.05. The summed E-state index contributed by atoms with van der Waals surface area (Å²) in [5.41, 5.74) is 11.0. The van der Waals surface area contributed by atoms with Crippen LogP contribution in [0.3, 0.4) is 0 Å². The molecule has 0 spiro atoms. The quantitative estimate of drug-likeness (QED) is 0.313. The van der Waals surface area contributed by atoms with Crippen molar-refractivity contribution < 1.29 is 14.3 Å². The summed E-state index contributed by atoms with van der Waals surface area (Å²) in [4.78, 5) is 36.8. The van der Waals surface area contributed by atoms with Crippen molar-refractivity contribution in [1.29, 1.82) is 0 Å². The molecule has 234 valence electrons. The lowest BCUT2D eigenvalue weighted by molar-refractivity contribution is 0.0937. The maximum absolute atomic E-state index is 13.1. The van der Waals surface area contributed by atoms with Crippen LogP contribution in [0.15, 0.2) is 67.1 Å². The van der Waals surface area contributed by atoms with Gasteiger partial charge in [0.2, 0.25) is 0 Å². The number of likely N-dealkylation sites (tertiary alicyclic amines) is 1. The van der Waals surface area contributed by atoms with E-state index in [-0.39, 0.29) is 23.3 Å². The number of carbonyl (C=O) groups is 2. The number of nitrogens with two attached hydrogens (primary N) is 1. The number of piperazine rings is 1. The van der Waals surface area contributed by atoms with Crippen LogP contribution in [-0.4, -0.2) is 93.8 Å². The number of aromatic nitrogens is 3. The Labute approximate surface area is 267 Å². The molecule has 2 aliphatic heterocycles. The number of halogens is 1. The van der Waals surface area contributed by atoms with Crippen molar-refractivity contribution in [3.63, 3.8) is 0 Å². The van der Waals surface area contributed by atoms with Crippen LogP contribution in [0.25, 0.3) is 22.3 Å². The number of hydrogen-bond acceptors (Lipinski definition) is 8. The van der Waals surface area contributed by atoms with Crippen LogP contribution in [0.5, 0.6) is 5.75 Å². The summed E-state index contributed by atoms with van der Waals surface area (Å²) in [5.74, 6) is 0.151. The molecule has 0 bridgehead atoms. The largest absolute Gasteiger partial charge is 0.415 e. The van der Waals surface area contributed by atoms with Gasteiger partial charge in [-0.3, -0.25) is 14.4 Å². The number of ether oxygens (including phenoxy) is 1. The summed E-state index contributed by atoms with van der Waals surface area (Å²) in [6, 6.07) is 15.2. The normalized spacial score (nSPS) is 17.4. The molecular weight excluding hydrogens is 592 g/mol. The third-order valence-corrected chi connectivity index (χ3v) is 8.57. The van der Waals surface area contributed by atoms with Crippen molar-refractivity contribution in [2.24, 2.45) is 7.05 Å². The number of pyridine rings is 1. The molecule has 4 heterocycles. The second-order valence-electron chi connectivity index (χ2n) is 11.8. The maximum Gasteiger partial charge on any atom is 0.415 e. The van der Waals surface area contributed by atoms with E-state index in [2.05, 4.69) is 56.5 Å². The number of amides is 2. The molecule has 2 amide bonds. The predicted octanol–water partition coefficient (Wildman–Crippen LogP) is 4.14. The number of nitrogen functional groups attached to an aromatic ring is 1. The molecule has 3 N–H and O–H groups in total. The molecule has 0 radical (unpaired) electrons. The van der Waals surface area contributed by atoms with Crippen LogP contribution in [0.4, 0.5) is 10.6 Å². The van der Waals surface area contributed by atoms with E-state index >= 15 is 0 Å². The van der Waals surface area contributed by atoms with E-state index in [4.69, 9.17) is 22.1 Å². The molecule has 12 heteroatoms. The van der Waals surface area contributed by atoms with Crippen LogP contribution >= 0.6 is 11.6 Å². The number of hydrogen-bond donors (Lipinski definition) is 2. The molecule has 2 aromatic heterocycles. The van der Waals surface area contributed by atoms with Crippen molar-refractivity contribution in [2.75, 3.05) is 52.0 Å². The van der Waals surface area contributed by atoms with Crippen LogP contribution in [0.1, 0.15) is 22.3 Å². The summed E-state index contributed by atoms with van der Waals surface area (Å²) in [5, 5.41) is 7.63. The van der Waals surface area contributed by atoms with Gasteiger partial charge in [-0.15, -0.1) is 0 Å². The smallest absolute Gasteiger partial charge is 0.410 e. The van der Waals surface area contributed by atoms with E-state index in [1.165, 1.54) is 5.56 Å². The number of nitrogens with one attached hydrogen (secondary N) is 1. The van der Waals surface area contributed by atoms with Gasteiger partial charge < -0.3 is 25.6 Å². The summed E-state index contributed by atoms with van der Waals surface area (Å²) in [6.45, 7) is 5.98. The minimum absolute atomic E-state index is 0.135. The van der Waals surface area contributed by atoms with Crippen LogP contribution in [-0.2, 0) is 13.6 Å². The van der Waals surface area contributed by atoms with Gasteiger partial charge in [0.1, 0.15) is 11.6 Å². The Morgan fingerprint density at radius 2 is 1.73 bits per heavy atom. The zero-order valence-electron chi connectivity index (χ0n) is 25.4. The maximum atomic E-state index is 13.1. The van der Waals surface area contributed by atoms with E-state index in [1.54, 1.807) is 34.1 Å². The predicted molar refractivity (Wildman–Crippen MR) is 174 cm³/mol. The fourth-order valence-corrected chi connectivity index (χ4v) is 5.94. The van der Waals surface area contributed by atoms with Crippen molar-refractivity contribution in [3.05, 3.63) is 83.3 Å². The molecule has 11 nitrogen and oxygen atoms in total. The number of likely N-dealkylation sites (N-methyl/N-ethyl adjacent to an activating group) is 1. The summed E-state index contributed by atoms with van der Waals surface area (Å²) in [7, 11) is 3.98. The zero-order chi connectivity index (χ0) is 31.5. The summed E-state index contributed by atoms with van der Waals surface area (Å²) < 4.78 is 7.41. The monoisotopic (exact) mass is 628 g/mol. The SMILES string of the molecule is CN1CCN(Cc2ccc(-c3cc(Cl)cc(OC(=O)N4CC[C@@H](NC(=O)c5cc(-c6cnn(C)c6)cnc5N)C4)c3)cc2)CC1. The van der Waals surface area contributed by atoms with Crippen LogP contribution in [0, 0.1) is 0 Å². The average molecular weight is 629 g/mol. The molecule has 1 atom stereocenters. The fourth-order valence-electron chi connectivity index (χ4n) is 5.71. The molecule has 2 fully saturated rings. The first kappa shape index (κ1) is 30.6. The molecule has 4 aromatic rings. The highest BCUT2D eigenvalue weighted by molar-refractivity contribution is 6.31. The Morgan fingerprint density at radius 1 is 0.956 bits per heavy atom. The molecule has 45 heavy (non-hydrogen) atoms. The van der Waals surface area contributed by atoms with Crippen LogP contribution in [0.2, 0.25) is 5.02 Å². The molecule has 0 aliphatic carbocycles. The second kappa shape index (κ2) is 13.3. The molecule has 0 saturated carbocycles. The van der Waals surface area contributed by atoms with Crippen LogP contribution < -0.4 is 15.8 Å². The highest BCUT2D eigenvalue weighted by Crippen LogP contribution is 2.30. The third-order valence-electron chi connectivity index (χ3n) is 8.35. The van der Waals surface area contributed by atoms with E-state index < -0.39 is 6.09 Å². The van der Waals surface area contributed by atoms with Gasteiger partial charge in [-0.05, 0) is 54.4 Å². The lowest BCUT2D eigenvalue weighted by Crippen LogP contribution is -2.43. The zero-order valence-corrected chi connectivity index (χ0v) is 26.2. The molecule has 6 rings (SSSR count). The lowest BCUT2D eigenvalue weighted by atomic mass is 10.0. The number of anilines is 1. The lowest BCUT2D eigenvalue weighted by Gasteiger charge is -2.32. The fraction of sp³-hybridized carbons (Fsp3) is 0.333. The number of carbonyl (C=O) groups excluding carboxylic acids is 2. The Bertz CT molecular complexity index is 1680. The van der Waals surface area contributed by atoms with E-state index in [0.29, 0.717) is 30.3 Å². The Kier molecular flexibility index (Phi) is 9.02. The third kappa shape index (κ3) is 7.44. The van der Waals surface area contributed by atoms with Gasteiger partial charge in [0, 0.05) is 87.4 Å². The molecule has 0 unspecified atom stereocenters. The van der Waals surface area contributed by atoms with Gasteiger partial charge in [0.15, 0.2) is 0 Å². The van der Waals surface area contributed by atoms with Gasteiger partial charge in [-0.25, -0.2) is 9.78 Å². The van der Waals surface area contributed by atoms with E-state index in [1.807, 2.05) is 25.4 Å². The minimum atomic E-state index is -0.498. The van der Waals surface area contributed by atoms with Crippen molar-refractivity contribution in [1.82, 2.24) is 34.8 Å². The summed E-state index contributed by atoms with van der Waals surface area (Å²) >= 11 is 6.43. The first-order chi connectivity index (χ1) is 21.7. The van der Waals surface area contributed by atoms with Gasteiger partial charge in [0.05, 0.1) is 11.8 Å². The first-order valence-corrected chi connectivity index (χ1v) is 15.4. The van der Waals surface area contributed by atoms with Crippen molar-refractivity contribution in [2.45, 2.75) is 19.0 Å². The molecule has 2 aliphatic rings. The van der Waals surface area contributed by atoms with Gasteiger partial charge in [-0.1, -0.05) is 35.9 Å². The molecule has 2 aromatic carbocycles. The highest BCUT2D eigenvalue weighted by Gasteiger charge is 2.29. The van der Waals surface area contributed by atoms with E-state index in [0.717, 1.165) is 55.0 Å².